The minimum Gasteiger partial charge on any atom is -0.478 e. The van der Waals surface area contributed by atoms with Gasteiger partial charge in [0.25, 0.3) is 5.91 Å². The first-order valence-corrected chi connectivity index (χ1v) is 12.8. The Morgan fingerprint density at radius 1 is 1.08 bits per heavy atom. The summed E-state index contributed by atoms with van der Waals surface area (Å²) in [6.07, 6.45) is -4.67. The van der Waals surface area contributed by atoms with E-state index >= 15 is 0 Å². The molecule has 2 atom stereocenters. The smallest absolute Gasteiger partial charge is 0.416 e. The summed E-state index contributed by atoms with van der Waals surface area (Å²) in [6, 6.07) is 6.81. The third kappa shape index (κ3) is 6.06. The molecular formula is C28H32ClF3N2O5. The Morgan fingerprint density at radius 3 is 2.13 bits per heavy atom. The average molecular weight is 569 g/mol. The maximum absolute atomic E-state index is 13.6. The van der Waals surface area contributed by atoms with Gasteiger partial charge in [-0.1, -0.05) is 51.4 Å². The Morgan fingerprint density at radius 2 is 1.64 bits per heavy atom. The molecule has 1 saturated heterocycles. The van der Waals surface area contributed by atoms with E-state index in [0.29, 0.717) is 22.7 Å². The van der Waals surface area contributed by atoms with Crippen LogP contribution in [0, 0.1) is 18.3 Å². The van der Waals surface area contributed by atoms with Gasteiger partial charge >= 0.3 is 12.1 Å². The van der Waals surface area contributed by atoms with Gasteiger partial charge in [0.2, 0.25) is 5.91 Å². The van der Waals surface area contributed by atoms with Gasteiger partial charge < -0.3 is 20.4 Å². The number of hydrogen-bond acceptors (Lipinski definition) is 4. The first-order chi connectivity index (χ1) is 17.9. The Labute approximate surface area is 230 Å². The molecule has 1 aliphatic heterocycles. The number of alkyl halides is 3. The first kappa shape index (κ1) is 30.4. The summed E-state index contributed by atoms with van der Waals surface area (Å²) in [6.45, 7) is 8.58. The number of nitrogens with one attached hydrogen (secondary N) is 1. The molecule has 39 heavy (non-hydrogen) atoms. The number of halogens is 4. The van der Waals surface area contributed by atoms with Gasteiger partial charge in [0, 0.05) is 29.1 Å². The van der Waals surface area contributed by atoms with Gasteiger partial charge in [-0.25, -0.2) is 4.79 Å². The molecule has 2 amide bonds. The van der Waals surface area contributed by atoms with Crippen LogP contribution in [0.3, 0.4) is 0 Å². The van der Waals surface area contributed by atoms with E-state index in [4.69, 9.17) is 11.6 Å². The van der Waals surface area contributed by atoms with Gasteiger partial charge in [-0.2, -0.15) is 13.2 Å². The lowest BCUT2D eigenvalue weighted by Gasteiger charge is -2.51. The van der Waals surface area contributed by atoms with Crippen molar-refractivity contribution in [2.75, 3.05) is 13.1 Å². The van der Waals surface area contributed by atoms with E-state index in [1.165, 1.54) is 11.8 Å². The van der Waals surface area contributed by atoms with Crippen molar-refractivity contribution < 1.29 is 37.8 Å². The Hall–Kier alpha value is -3.11. The molecule has 3 rings (SSSR count). The lowest BCUT2D eigenvalue weighted by atomic mass is 9.66. The van der Waals surface area contributed by atoms with Crippen molar-refractivity contribution in [2.24, 2.45) is 11.3 Å². The molecule has 0 bridgehead atoms. The molecule has 2 aromatic rings. The SMILES string of the molecule is Cc1c(C(=O)O)cc(C(F)(F)F)cc1C(=O)N[C@@H](C(=O)N1CC[C@](O)(c2ccc(Cl)cc2)C(C)(C)C1)C(C)C. The molecule has 0 radical (unpaired) electrons. The molecule has 1 fully saturated rings. The van der Waals surface area contributed by atoms with Crippen molar-refractivity contribution in [1.82, 2.24) is 10.2 Å². The van der Waals surface area contributed by atoms with Crippen molar-refractivity contribution in [1.29, 1.82) is 0 Å². The standard InChI is InChI=1S/C28H32ClF3N2O5/c1-15(2)22(33-23(35)20-12-18(28(30,31)32)13-21(16(20)3)25(37)38)24(36)34-11-10-27(39,26(4,5)14-34)17-6-8-19(29)9-7-17/h6-9,12-13,15,22,39H,10-11,14H2,1-5H3,(H,33,35)(H,37,38)/t22-,27+/m1/s1. The summed E-state index contributed by atoms with van der Waals surface area (Å²) in [7, 11) is 0. The normalized spacial score (nSPS) is 20.0. The second-order valence-electron chi connectivity index (χ2n) is 11.0. The van der Waals surface area contributed by atoms with Crippen LogP contribution >= 0.6 is 11.6 Å². The summed E-state index contributed by atoms with van der Waals surface area (Å²) in [5, 5.41) is 24.1. The monoisotopic (exact) mass is 568 g/mol. The van der Waals surface area contributed by atoms with Crippen LogP contribution < -0.4 is 5.32 Å². The highest BCUT2D eigenvalue weighted by atomic mass is 35.5. The molecule has 0 aromatic heterocycles. The topological polar surface area (TPSA) is 107 Å². The number of carbonyl (C=O) groups excluding carboxylic acids is 2. The summed E-state index contributed by atoms with van der Waals surface area (Å²) < 4.78 is 40.3. The van der Waals surface area contributed by atoms with E-state index in [2.05, 4.69) is 5.32 Å². The number of hydrogen-bond donors (Lipinski definition) is 3. The van der Waals surface area contributed by atoms with E-state index < -0.39 is 63.6 Å². The largest absolute Gasteiger partial charge is 0.478 e. The quantitative estimate of drug-likeness (QED) is 0.440. The number of benzene rings is 2. The van der Waals surface area contributed by atoms with E-state index in [0.717, 1.165) is 0 Å². The van der Waals surface area contributed by atoms with E-state index in [9.17, 15) is 37.8 Å². The zero-order valence-electron chi connectivity index (χ0n) is 22.3. The summed E-state index contributed by atoms with van der Waals surface area (Å²) in [5.41, 5.74) is -3.94. The third-order valence-corrected chi connectivity index (χ3v) is 7.76. The number of carboxylic acid groups (broad SMARTS) is 1. The predicted octanol–water partition coefficient (Wildman–Crippen LogP) is 5.27. The predicted molar refractivity (Wildman–Crippen MR) is 140 cm³/mol. The third-order valence-electron chi connectivity index (χ3n) is 7.51. The number of nitrogens with zero attached hydrogens (tertiary/aromatic N) is 1. The van der Waals surface area contributed by atoms with E-state index in [-0.39, 0.29) is 25.1 Å². The van der Waals surface area contributed by atoms with Gasteiger partial charge in [-0.05, 0) is 54.7 Å². The molecule has 0 unspecified atom stereocenters. The van der Waals surface area contributed by atoms with Crippen LogP contribution in [-0.4, -0.2) is 52.0 Å². The van der Waals surface area contributed by atoms with Gasteiger partial charge in [0.05, 0.1) is 16.7 Å². The molecule has 0 saturated carbocycles. The minimum absolute atomic E-state index is 0.143. The van der Waals surface area contributed by atoms with Crippen molar-refractivity contribution >= 4 is 29.4 Å². The number of rotatable bonds is 6. The number of aliphatic hydroxyl groups is 1. The second kappa shape index (κ2) is 10.8. The Bertz CT molecular complexity index is 1280. The molecule has 1 aliphatic rings. The fourth-order valence-corrected chi connectivity index (χ4v) is 5.16. The van der Waals surface area contributed by atoms with Gasteiger partial charge in [-0.15, -0.1) is 0 Å². The van der Waals surface area contributed by atoms with Crippen molar-refractivity contribution in [3.8, 4) is 0 Å². The maximum Gasteiger partial charge on any atom is 0.416 e. The number of aromatic carboxylic acids is 1. The van der Waals surface area contributed by atoms with Crippen LogP contribution in [0.4, 0.5) is 13.2 Å². The number of piperidine rings is 1. The zero-order chi connectivity index (χ0) is 29.5. The Balaban J connectivity index is 1.88. The molecule has 3 N–H and O–H groups in total. The molecule has 212 valence electrons. The molecular weight excluding hydrogens is 537 g/mol. The van der Waals surface area contributed by atoms with E-state index in [1.807, 2.05) is 13.8 Å². The molecule has 11 heteroatoms. The summed E-state index contributed by atoms with van der Waals surface area (Å²) >= 11 is 5.99. The molecule has 1 heterocycles. The minimum atomic E-state index is -4.87. The van der Waals surface area contributed by atoms with Gasteiger partial charge in [-0.3, -0.25) is 9.59 Å². The first-order valence-electron chi connectivity index (χ1n) is 12.4. The molecule has 2 aromatic carbocycles. The number of carbonyl (C=O) groups is 3. The second-order valence-corrected chi connectivity index (χ2v) is 11.4. The highest BCUT2D eigenvalue weighted by molar-refractivity contribution is 6.30. The fraction of sp³-hybridized carbons (Fsp3) is 0.464. The summed E-state index contributed by atoms with van der Waals surface area (Å²) in [5.74, 6) is -3.48. The number of likely N-dealkylation sites (tertiary alicyclic amines) is 1. The van der Waals surface area contributed by atoms with Crippen molar-refractivity contribution in [3.63, 3.8) is 0 Å². The van der Waals surface area contributed by atoms with Crippen LogP contribution in [0.2, 0.25) is 5.02 Å². The van der Waals surface area contributed by atoms with Crippen LogP contribution in [-0.2, 0) is 16.6 Å². The van der Waals surface area contributed by atoms with Crippen molar-refractivity contribution in [3.05, 3.63) is 69.2 Å². The average Bonchev–Trinajstić information content (AvgIpc) is 2.83. The Kier molecular flexibility index (Phi) is 8.43. The molecule has 0 spiro atoms. The van der Waals surface area contributed by atoms with Crippen LogP contribution in [0.5, 0.6) is 0 Å². The summed E-state index contributed by atoms with van der Waals surface area (Å²) in [4.78, 5) is 39.9. The van der Waals surface area contributed by atoms with Crippen LogP contribution in [0.15, 0.2) is 36.4 Å². The van der Waals surface area contributed by atoms with Gasteiger partial charge in [0.1, 0.15) is 6.04 Å². The molecule has 0 aliphatic carbocycles. The number of amides is 2. The van der Waals surface area contributed by atoms with E-state index in [1.54, 1.807) is 38.1 Å². The van der Waals surface area contributed by atoms with Crippen LogP contribution in [0.25, 0.3) is 0 Å². The lowest BCUT2D eigenvalue weighted by Crippen LogP contribution is -2.60. The number of carboxylic acids is 1. The lowest BCUT2D eigenvalue weighted by molar-refractivity contribution is -0.155. The van der Waals surface area contributed by atoms with Crippen LogP contribution in [0.1, 0.15) is 71.5 Å². The highest BCUT2D eigenvalue weighted by Crippen LogP contribution is 2.46. The molecule has 7 nitrogen and oxygen atoms in total. The highest BCUT2D eigenvalue weighted by Gasteiger charge is 2.50. The van der Waals surface area contributed by atoms with Crippen molar-refractivity contribution in [2.45, 2.75) is 58.9 Å². The maximum atomic E-state index is 13.6. The van der Waals surface area contributed by atoms with Gasteiger partial charge in [0.15, 0.2) is 0 Å². The fourth-order valence-electron chi connectivity index (χ4n) is 5.04. The zero-order valence-corrected chi connectivity index (χ0v) is 23.1.